The fourth-order valence-corrected chi connectivity index (χ4v) is 3.01. The van der Waals surface area contributed by atoms with Crippen molar-refractivity contribution in [1.29, 1.82) is 0 Å². The maximum atomic E-state index is 11.3. The normalized spacial score (nSPS) is 10.6. The van der Waals surface area contributed by atoms with Crippen LogP contribution >= 0.6 is 0 Å². The third kappa shape index (κ3) is 14.8. The third-order valence-corrected chi connectivity index (χ3v) is 4.70. The second-order valence-electron chi connectivity index (χ2n) is 6.69. The molecule has 0 radical (unpaired) electrons. The van der Waals surface area contributed by atoms with Crippen LogP contribution in [0.3, 0.4) is 0 Å². The summed E-state index contributed by atoms with van der Waals surface area (Å²) in [7, 11) is 0. The van der Waals surface area contributed by atoms with Crippen LogP contribution in [0, 0.1) is 5.41 Å². The van der Waals surface area contributed by atoms with Gasteiger partial charge in [-0.15, -0.1) is 0 Å². The number of carboxylic acids is 2. The number of carbonyl (C=O) groups excluding carboxylic acids is 2. The van der Waals surface area contributed by atoms with E-state index in [4.69, 9.17) is 0 Å². The molecule has 0 aliphatic rings. The summed E-state index contributed by atoms with van der Waals surface area (Å²) in [4.78, 5) is 22.7. The Hall–Kier alpha value is 2.21. The summed E-state index contributed by atoms with van der Waals surface area (Å²) in [6, 6.07) is 0. The van der Waals surface area contributed by atoms with Gasteiger partial charge in [-0.2, -0.15) is 0 Å². The van der Waals surface area contributed by atoms with Crippen LogP contribution in [-0.2, 0) is 9.59 Å². The van der Waals surface area contributed by atoms with Crippen LogP contribution in [-0.4, -0.2) is 11.9 Å². The van der Waals surface area contributed by atoms with Crippen LogP contribution in [0.25, 0.3) is 0 Å². The quantitative estimate of drug-likeness (QED) is 0.156. The van der Waals surface area contributed by atoms with Crippen molar-refractivity contribution in [2.24, 2.45) is 5.41 Å². The summed E-state index contributed by atoms with van der Waals surface area (Å²) in [5.74, 6) is -2.97. The van der Waals surface area contributed by atoms with Gasteiger partial charge in [0, 0.05) is 5.41 Å². The topological polar surface area (TPSA) is 80.3 Å². The number of aliphatic carboxylic acids is 2. The number of hydrogen-bond donors (Lipinski definition) is 0. The zero-order valence-corrected chi connectivity index (χ0v) is 23.3. The molecule has 0 saturated heterocycles. The van der Waals surface area contributed by atoms with Gasteiger partial charge in [0.1, 0.15) is 0 Å². The zero-order chi connectivity index (χ0) is 17.6. The van der Waals surface area contributed by atoms with Gasteiger partial charge in [-0.3, -0.25) is 0 Å². The van der Waals surface area contributed by atoms with Crippen LogP contribution in [0.5, 0.6) is 0 Å². The van der Waals surface area contributed by atoms with Gasteiger partial charge in [0.05, 0.1) is 11.9 Å². The molecule has 0 bridgehead atoms. The minimum atomic E-state index is -1.80. The first-order valence-electron chi connectivity index (χ1n) is 9.44. The number of carbonyl (C=O) groups is 2. The van der Waals surface area contributed by atoms with E-state index in [0.29, 0.717) is 12.8 Å². The van der Waals surface area contributed by atoms with E-state index in [0.717, 1.165) is 25.7 Å². The first-order chi connectivity index (χ1) is 11.0. The first kappa shape index (κ1) is 31.9. The summed E-state index contributed by atoms with van der Waals surface area (Å²) >= 11 is 0. The Morgan fingerprint density at radius 2 is 0.920 bits per heavy atom. The van der Waals surface area contributed by atoms with Crippen LogP contribution in [0.2, 0.25) is 0 Å². The second kappa shape index (κ2) is 20.9. The number of carboxylic acid groups (broad SMARTS) is 2. The molecule has 6 heteroatoms. The average molecular weight is 405 g/mol. The number of unbranched alkanes of at least 4 members (excludes halogenated alkanes) is 10. The minimum Gasteiger partial charge on any atom is -0.549 e. The van der Waals surface area contributed by atoms with Gasteiger partial charge in [0.15, 0.2) is 0 Å². The van der Waals surface area contributed by atoms with Crippen molar-refractivity contribution in [2.75, 3.05) is 0 Å². The zero-order valence-electron chi connectivity index (χ0n) is 17.0. The van der Waals surface area contributed by atoms with Crippen molar-refractivity contribution in [3.8, 4) is 0 Å². The van der Waals surface area contributed by atoms with Crippen molar-refractivity contribution in [1.82, 2.24) is 0 Å². The van der Waals surface area contributed by atoms with Gasteiger partial charge < -0.3 is 19.8 Å². The summed E-state index contributed by atoms with van der Waals surface area (Å²) < 4.78 is 0. The molecule has 0 aromatic carbocycles. The van der Waals surface area contributed by atoms with Crippen molar-refractivity contribution in [3.63, 3.8) is 0 Å². The molecule has 0 spiro atoms. The van der Waals surface area contributed by atoms with Crippen LogP contribution in [0.4, 0.5) is 0 Å². The predicted octanol–water partition coefficient (Wildman–Crippen LogP) is -3.02. The van der Waals surface area contributed by atoms with Gasteiger partial charge in [-0.05, 0) is 12.8 Å². The Morgan fingerprint density at radius 3 is 1.28 bits per heavy atom. The molecule has 0 heterocycles. The first-order valence-corrected chi connectivity index (χ1v) is 9.44. The van der Waals surface area contributed by atoms with E-state index in [9.17, 15) is 19.8 Å². The Bertz CT molecular complexity index is 321. The smallest absolute Gasteiger partial charge is 0.549 e. The Kier molecular flexibility index (Phi) is 26.7. The van der Waals surface area contributed by atoms with Gasteiger partial charge >= 0.3 is 103 Å². The number of hydrogen-bond acceptors (Lipinski definition) is 4. The molecule has 4 nitrogen and oxygen atoms in total. The molecule has 0 aliphatic heterocycles. The van der Waals surface area contributed by atoms with Gasteiger partial charge in [-0.25, -0.2) is 0 Å². The van der Waals surface area contributed by atoms with E-state index >= 15 is 0 Å². The van der Waals surface area contributed by atoms with Crippen molar-refractivity contribution in [3.05, 3.63) is 0 Å². The Morgan fingerprint density at radius 1 is 0.600 bits per heavy atom. The molecule has 0 aromatic heterocycles. The standard InChI is InChI=1S/C19H36O4.2K/c1-3-5-7-8-9-10-11-12-13-14-16-19(17(20)21,18(22)23)15-6-4-2;;/h3-16H2,1-2H3,(H,20,21)(H,22,23);;/q;2*+1/p-2. The summed E-state index contributed by atoms with van der Waals surface area (Å²) in [5, 5.41) is 22.7. The van der Waals surface area contributed by atoms with E-state index in [-0.39, 0.29) is 116 Å². The van der Waals surface area contributed by atoms with E-state index in [1.54, 1.807) is 0 Å². The Balaban J connectivity index is -0.00000242. The van der Waals surface area contributed by atoms with Crippen LogP contribution in [0.1, 0.15) is 104 Å². The molecule has 0 aliphatic carbocycles. The SMILES string of the molecule is CCCCCCCCCCCCC(CCCC)(C(=O)[O-])C(=O)[O-].[K+].[K+]. The van der Waals surface area contributed by atoms with Crippen LogP contribution < -0.4 is 113 Å². The van der Waals surface area contributed by atoms with Crippen LogP contribution in [0.15, 0.2) is 0 Å². The molecule has 0 saturated carbocycles. The molecule has 0 atom stereocenters. The molecule has 25 heavy (non-hydrogen) atoms. The van der Waals surface area contributed by atoms with E-state index in [1.807, 2.05) is 6.92 Å². The maximum Gasteiger partial charge on any atom is 1.00 e. The average Bonchev–Trinajstić information content (AvgIpc) is 2.51. The largest absolute Gasteiger partial charge is 1.00 e. The molecule has 0 unspecified atom stereocenters. The molecule has 0 amide bonds. The Labute approximate surface area is 239 Å². The predicted molar refractivity (Wildman–Crippen MR) is 88.4 cm³/mol. The van der Waals surface area contributed by atoms with E-state index < -0.39 is 17.4 Å². The summed E-state index contributed by atoms with van der Waals surface area (Å²) in [6.45, 7) is 4.12. The van der Waals surface area contributed by atoms with E-state index in [1.165, 1.54) is 38.5 Å². The van der Waals surface area contributed by atoms with Gasteiger partial charge in [0.2, 0.25) is 0 Å². The molecule has 0 rings (SSSR count). The monoisotopic (exact) mass is 404 g/mol. The minimum absolute atomic E-state index is 0. The third-order valence-electron chi connectivity index (χ3n) is 4.70. The summed E-state index contributed by atoms with van der Waals surface area (Å²) in [5.41, 5.74) is -1.80. The second-order valence-corrected chi connectivity index (χ2v) is 6.69. The summed E-state index contributed by atoms with van der Waals surface area (Å²) in [6.07, 6.45) is 12.9. The van der Waals surface area contributed by atoms with E-state index in [2.05, 4.69) is 6.92 Å². The number of rotatable bonds is 16. The fourth-order valence-electron chi connectivity index (χ4n) is 3.01. The molecular weight excluding hydrogens is 370 g/mol. The van der Waals surface area contributed by atoms with Crippen molar-refractivity contribution in [2.45, 2.75) is 104 Å². The molecule has 136 valence electrons. The molecule has 0 N–H and O–H groups in total. The van der Waals surface area contributed by atoms with Crippen molar-refractivity contribution >= 4 is 11.9 Å². The van der Waals surface area contributed by atoms with Gasteiger partial charge in [0.25, 0.3) is 0 Å². The molecular formula is C19H34K2O4. The fraction of sp³-hybridized carbons (Fsp3) is 0.895. The molecule has 0 fully saturated rings. The maximum absolute atomic E-state index is 11.3. The molecule has 0 aromatic rings. The van der Waals surface area contributed by atoms with Gasteiger partial charge in [-0.1, -0.05) is 90.9 Å². The van der Waals surface area contributed by atoms with Crippen molar-refractivity contribution < 1.29 is 123 Å².